The summed E-state index contributed by atoms with van der Waals surface area (Å²) in [5.74, 6) is 0.193. The molecular formula is C29H30Cl2N2O. The van der Waals surface area contributed by atoms with Gasteiger partial charge in [-0.25, -0.2) is 0 Å². The van der Waals surface area contributed by atoms with Gasteiger partial charge in [0.15, 0.2) is 0 Å². The molecule has 1 amide bonds. The number of rotatable bonds is 6. The second-order valence-electron chi connectivity index (χ2n) is 9.59. The van der Waals surface area contributed by atoms with Crippen LogP contribution in [0, 0.1) is 5.92 Å². The quantitative estimate of drug-likeness (QED) is 0.394. The van der Waals surface area contributed by atoms with Gasteiger partial charge in [-0.1, -0.05) is 89.9 Å². The second kappa shape index (κ2) is 10.1. The van der Waals surface area contributed by atoms with E-state index in [0.29, 0.717) is 12.1 Å². The zero-order valence-electron chi connectivity index (χ0n) is 19.3. The first-order valence-electron chi connectivity index (χ1n) is 12.1. The fourth-order valence-corrected chi connectivity index (χ4v) is 6.37. The zero-order valence-corrected chi connectivity index (χ0v) is 20.8. The Kier molecular flexibility index (Phi) is 6.96. The zero-order chi connectivity index (χ0) is 23.7. The van der Waals surface area contributed by atoms with E-state index in [4.69, 9.17) is 23.2 Å². The van der Waals surface area contributed by atoms with E-state index in [-0.39, 0.29) is 23.9 Å². The van der Waals surface area contributed by atoms with Crippen molar-refractivity contribution in [2.75, 3.05) is 0 Å². The number of nitrogens with zero attached hydrogens (tertiary/aromatic N) is 1. The highest BCUT2D eigenvalue weighted by atomic mass is 35.5. The Morgan fingerprint density at radius 2 is 1.32 bits per heavy atom. The molecule has 0 spiro atoms. The number of carbonyl (C=O) groups excluding carboxylic acids is 1. The summed E-state index contributed by atoms with van der Waals surface area (Å²) in [5.41, 5.74) is 3.29. The minimum absolute atomic E-state index is 0.00313. The average molecular weight is 493 g/mol. The molecule has 0 radical (unpaired) electrons. The lowest BCUT2D eigenvalue weighted by Gasteiger charge is -2.44. The molecule has 3 aromatic rings. The van der Waals surface area contributed by atoms with Crippen LogP contribution in [0.3, 0.4) is 0 Å². The van der Waals surface area contributed by atoms with Gasteiger partial charge in [0, 0.05) is 28.0 Å². The van der Waals surface area contributed by atoms with Crippen LogP contribution in [0.1, 0.15) is 61.4 Å². The van der Waals surface area contributed by atoms with Crippen molar-refractivity contribution in [2.45, 2.75) is 56.8 Å². The summed E-state index contributed by atoms with van der Waals surface area (Å²) in [6.45, 7) is 2.06. The van der Waals surface area contributed by atoms with Crippen LogP contribution in [0.2, 0.25) is 10.0 Å². The molecule has 0 aromatic heterocycles. The molecule has 2 heterocycles. The highest BCUT2D eigenvalue weighted by molar-refractivity contribution is 6.32. The van der Waals surface area contributed by atoms with Crippen molar-refractivity contribution < 1.29 is 4.79 Å². The third kappa shape index (κ3) is 4.62. The Balaban J connectivity index is 1.39. The van der Waals surface area contributed by atoms with Crippen molar-refractivity contribution in [3.63, 3.8) is 0 Å². The summed E-state index contributed by atoms with van der Waals surface area (Å²) >= 11 is 13.4. The van der Waals surface area contributed by atoms with Crippen LogP contribution in [0.5, 0.6) is 0 Å². The first-order valence-corrected chi connectivity index (χ1v) is 12.9. The average Bonchev–Trinajstić information content (AvgIpc) is 3.09. The Morgan fingerprint density at radius 1 is 0.824 bits per heavy atom. The minimum atomic E-state index is -0.0212. The van der Waals surface area contributed by atoms with Gasteiger partial charge in [0.2, 0.25) is 5.91 Å². The summed E-state index contributed by atoms with van der Waals surface area (Å²) in [6, 6.07) is 26.9. The summed E-state index contributed by atoms with van der Waals surface area (Å²) in [4.78, 5) is 15.8. The predicted octanol–water partition coefficient (Wildman–Crippen LogP) is 7.20. The third-order valence-corrected chi connectivity index (χ3v) is 8.20. The van der Waals surface area contributed by atoms with Crippen LogP contribution in [0.25, 0.3) is 0 Å². The van der Waals surface area contributed by atoms with Gasteiger partial charge >= 0.3 is 0 Å². The Labute approximate surface area is 212 Å². The molecule has 2 fully saturated rings. The van der Waals surface area contributed by atoms with Crippen LogP contribution in [0.15, 0.2) is 78.9 Å². The summed E-state index contributed by atoms with van der Waals surface area (Å²) in [7, 11) is 0. The molecule has 2 bridgehead atoms. The third-order valence-electron chi connectivity index (χ3n) is 7.52. The molecule has 2 aliphatic rings. The van der Waals surface area contributed by atoms with Crippen LogP contribution < -0.4 is 5.32 Å². The summed E-state index contributed by atoms with van der Waals surface area (Å²) in [5, 5.41) is 4.77. The molecule has 3 aromatic carbocycles. The van der Waals surface area contributed by atoms with Gasteiger partial charge in [0.25, 0.3) is 0 Å². The summed E-state index contributed by atoms with van der Waals surface area (Å²) < 4.78 is 0. The van der Waals surface area contributed by atoms with Gasteiger partial charge in [-0.2, -0.15) is 0 Å². The van der Waals surface area contributed by atoms with Crippen LogP contribution in [0.4, 0.5) is 0 Å². The van der Waals surface area contributed by atoms with Crippen molar-refractivity contribution in [2.24, 2.45) is 5.92 Å². The van der Waals surface area contributed by atoms with E-state index in [1.54, 1.807) is 0 Å². The summed E-state index contributed by atoms with van der Waals surface area (Å²) in [6.07, 6.45) is 3.90. The number of carbonyl (C=O) groups is 1. The lowest BCUT2D eigenvalue weighted by molar-refractivity contribution is -0.128. The van der Waals surface area contributed by atoms with Crippen molar-refractivity contribution in [3.8, 4) is 0 Å². The number of nitrogens with one attached hydrogen (secondary N) is 1. The number of amides is 1. The molecule has 2 aliphatic heterocycles. The van der Waals surface area contributed by atoms with Gasteiger partial charge in [0.05, 0.1) is 12.1 Å². The van der Waals surface area contributed by atoms with Gasteiger partial charge in [-0.05, 0) is 61.4 Å². The molecule has 3 nitrogen and oxygen atoms in total. The molecule has 5 heteroatoms. The molecule has 176 valence electrons. The minimum Gasteiger partial charge on any atom is -0.349 e. The van der Waals surface area contributed by atoms with Crippen molar-refractivity contribution in [1.29, 1.82) is 0 Å². The monoisotopic (exact) mass is 492 g/mol. The van der Waals surface area contributed by atoms with E-state index in [1.165, 1.54) is 0 Å². The Hall–Kier alpha value is -2.33. The molecule has 2 saturated heterocycles. The van der Waals surface area contributed by atoms with Crippen LogP contribution in [-0.4, -0.2) is 22.9 Å². The number of benzene rings is 3. The maximum Gasteiger partial charge on any atom is 0.223 e. The van der Waals surface area contributed by atoms with E-state index in [0.717, 1.165) is 52.4 Å². The van der Waals surface area contributed by atoms with Gasteiger partial charge < -0.3 is 5.32 Å². The highest BCUT2D eigenvalue weighted by Crippen LogP contribution is 2.48. The van der Waals surface area contributed by atoms with Crippen LogP contribution >= 0.6 is 23.2 Å². The Bertz CT molecular complexity index is 1090. The van der Waals surface area contributed by atoms with Gasteiger partial charge in [-0.15, -0.1) is 0 Å². The molecule has 5 rings (SSSR count). The predicted molar refractivity (Wildman–Crippen MR) is 139 cm³/mol. The van der Waals surface area contributed by atoms with E-state index >= 15 is 0 Å². The van der Waals surface area contributed by atoms with E-state index in [2.05, 4.69) is 41.4 Å². The van der Waals surface area contributed by atoms with E-state index < -0.39 is 0 Å². The largest absolute Gasteiger partial charge is 0.349 e. The topological polar surface area (TPSA) is 32.3 Å². The van der Waals surface area contributed by atoms with Crippen molar-refractivity contribution in [3.05, 3.63) is 106 Å². The lowest BCUT2D eigenvalue weighted by atomic mass is 9.85. The molecule has 0 aliphatic carbocycles. The molecule has 34 heavy (non-hydrogen) atoms. The molecule has 0 saturated carbocycles. The normalized spacial score (nSPS) is 23.1. The first kappa shape index (κ1) is 23.4. The standard InChI is InChI=1S/C29H30Cl2N2O/c1-19(20-9-3-2-4-10-20)32-29(34)21-17-22-15-16-23(18-21)33(22)28(24-11-5-7-13-26(24)30)25-12-6-8-14-27(25)31/h2-14,19,21-23,28H,15-18H2,1H3,(H,32,34). The number of hydrogen-bond donors (Lipinski definition) is 1. The number of piperidine rings is 1. The van der Waals surface area contributed by atoms with Crippen LogP contribution in [-0.2, 0) is 4.79 Å². The number of hydrogen-bond acceptors (Lipinski definition) is 2. The molecule has 1 N–H and O–H groups in total. The fourth-order valence-electron chi connectivity index (χ4n) is 5.89. The smallest absolute Gasteiger partial charge is 0.223 e. The maximum atomic E-state index is 13.3. The van der Waals surface area contributed by atoms with E-state index in [1.807, 2.05) is 54.6 Å². The van der Waals surface area contributed by atoms with Gasteiger partial charge in [0.1, 0.15) is 0 Å². The second-order valence-corrected chi connectivity index (χ2v) is 10.4. The maximum absolute atomic E-state index is 13.3. The van der Waals surface area contributed by atoms with Crippen molar-refractivity contribution >= 4 is 29.1 Å². The molecular weight excluding hydrogens is 463 g/mol. The highest BCUT2D eigenvalue weighted by Gasteiger charge is 2.47. The Morgan fingerprint density at radius 3 is 1.85 bits per heavy atom. The number of halogens is 2. The first-order chi connectivity index (χ1) is 16.5. The van der Waals surface area contributed by atoms with Gasteiger partial charge in [-0.3, -0.25) is 9.69 Å². The van der Waals surface area contributed by atoms with E-state index in [9.17, 15) is 4.79 Å². The van der Waals surface area contributed by atoms with Crippen molar-refractivity contribution in [1.82, 2.24) is 10.2 Å². The number of fused-ring (bicyclic) bond motifs is 2. The SMILES string of the molecule is CC(NC(=O)C1CC2CCC(C1)N2C(c1ccccc1Cl)c1ccccc1Cl)c1ccccc1. The fraction of sp³-hybridized carbons (Fsp3) is 0.345. The molecule has 3 unspecified atom stereocenters. The lowest BCUT2D eigenvalue weighted by Crippen LogP contribution is -2.48. The molecule has 3 atom stereocenters.